The maximum absolute atomic E-state index is 12.0. The fourth-order valence-electron chi connectivity index (χ4n) is 2.68. The summed E-state index contributed by atoms with van der Waals surface area (Å²) in [4.78, 5) is 12.0. The van der Waals surface area contributed by atoms with Crippen LogP contribution in [-0.4, -0.2) is 19.0 Å². The van der Waals surface area contributed by atoms with Gasteiger partial charge in [0.25, 0.3) is 5.91 Å². The summed E-state index contributed by atoms with van der Waals surface area (Å²) in [6.45, 7) is 3.52. The van der Waals surface area contributed by atoms with Crippen LogP contribution in [0.15, 0.2) is 34.7 Å². The minimum absolute atomic E-state index is 0.00849. The molecule has 1 amide bonds. The van der Waals surface area contributed by atoms with Crippen molar-refractivity contribution in [2.45, 2.75) is 19.4 Å². The Bertz CT molecular complexity index is 666. The Morgan fingerprint density at radius 3 is 2.95 bits per heavy atom. The first-order valence-electron chi connectivity index (χ1n) is 7.08. The third-order valence-corrected chi connectivity index (χ3v) is 3.88. The molecule has 3 rings (SSSR count). The lowest BCUT2D eigenvalue weighted by Gasteiger charge is -2.21. The van der Waals surface area contributed by atoms with Gasteiger partial charge < -0.3 is 15.1 Å². The van der Waals surface area contributed by atoms with E-state index >= 15 is 0 Å². The van der Waals surface area contributed by atoms with Crippen molar-refractivity contribution in [3.63, 3.8) is 0 Å². The molecule has 0 saturated carbocycles. The molecule has 2 N–H and O–H groups in total. The maximum atomic E-state index is 12.0. The Morgan fingerprint density at radius 1 is 1.38 bits per heavy atom. The van der Waals surface area contributed by atoms with Crippen LogP contribution < -0.4 is 10.6 Å². The summed E-state index contributed by atoms with van der Waals surface area (Å²) in [6.07, 6.45) is 0.875. The molecule has 0 aliphatic carbocycles. The molecule has 0 fully saturated rings. The second kappa shape index (κ2) is 5.92. The number of benzene rings is 1. The van der Waals surface area contributed by atoms with Crippen molar-refractivity contribution in [2.24, 2.45) is 0 Å². The van der Waals surface area contributed by atoms with Gasteiger partial charge in [-0.15, -0.1) is 0 Å². The Kier molecular flexibility index (Phi) is 3.99. The van der Waals surface area contributed by atoms with Gasteiger partial charge in [-0.05, 0) is 53.9 Å². The number of halogens is 1. The molecule has 0 radical (unpaired) electrons. The zero-order valence-electron chi connectivity index (χ0n) is 11.8. The summed E-state index contributed by atoms with van der Waals surface area (Å²) in [5.41, 5.74) is 2.84. The normalized spacial score (nSPS) is 15.4. The lowest BCUT2D eigenvalue weighted by Crippen LogP contribution is -2.32. The van der Waals surface area contributed by atoms with Crippen molar-refractivity contribution in [1.82, 2.24) is 10.6 Å². The van der Waals surface area contributed by atoms with Crippen LogP contribution >= 0.6 is 11.6 Å². The quantitative estimate of drug-likeness (QED) is 0.913. The largest absolute Gasteiger partial charge is 0.448 e. The number of fused-ring (bicyclic) bond motifs is 1. The van der Waals surface area contributed by atoms with E-state index in [4.69, 9.17) is 16.0 Å². The van der Waals surface area contributed by atoms with Crippen LogP contribution in [0.25, 0.3) is 0 Å². The predicted molar refractivity (Wildman–Crippen MR) is 81.7 cm³/mol. The molecule has 0 bridgehead atoms. The molecule has 1 aliphatic rings. The van der Waals surface area contributed by atoms with Crippen molar-refractivity contribution in [1.29, 1.82) is 0 Å². The minimum Gasteiger partial charge on any atom is -0.448 e. The van der Waals surface area contributed by atoms with E-state index in [0.29, 0.717) is 11.8 Å². The van der Waals surface area contributed by atoms with Crippen molar-refractivity contribution < 1.29 is 9.21 Å². The number of furan rings is 1. The highest BCUT2D eigenvalue weighted by Gasteiger charge is 2.21. The van der Waals surface area contributed by atoms with Crippen LogP contribution in [0.3, 0.4) is 0 Å². The standard InChI is InChI=1S/C16H17ClN2O2/c1-2-18-15(13-5-6-14(17)21-13)11-4-3-10-7-8-19-16(20)12(10)9-11/h3-6,9,15,18H,2,7-8H2,1H3,(H,19,20). The first kappa shape index (κ1) is 14.2. The zero-order valence-corrected chi connectivity index (χ0v) is 12.5. The average molecular weight is 305 g/mol. The molecule has 5 heteroatoms. The maximum Gasteiger partial charge on any atom is 0.251 e. The molecule has 0 saturated heterocycles. The summed E-state index contributed by atoms with van der Waals surface area (Å²) >= 11 is 5.87. The Labute approximate surface area is 128 Å². The summed E-state index contributed by atoms with van der Waals surface area (Å²) in [5, 5.41) is 6.61. The first-order chi connectivity index (χ1) is 10.2. The fraction of sp³-hybridized carbons (Fsp3) is 0.312. The summed E-state index contributed by atoms with van der Waals surface area (Å²) in [5.74, 6) is 0.740. The molecule has 1 unspecified atom stereocenters. The summed E-state index contributed by atoms with van der Waals surface area (Å²) in [7, 11) is 0. The van der Waals surface area contributed by atoms with Crippen LogP contribution in [0.1, 0.15) is 40.2 Å². The Morgan fingerprint density at radius 2 is 2.24 bits per heavy atom. The SMILES string of the molecule is CCNC(c1ccc2c(c1)C(=O)NCC2)c1ccc(Cl)o1. The Hall–Kier alpha value is -1.78. The number of hydrogen-bond acceptors (Lipinski definition) is 3. The van der Waals surface area contributed by atoms with E-state index in [2.05, 4.69) is 10.6 Å². The minimum atomic E-state index is -0.109. The van der Waals surface area contributed by atoms with Gasteiger partial charge in [-0.2, -0.15) is 0 Å². The van der Waals surface area contributed by atoms with E-state index in [1.165, 1.54) is 0 Å². The van der Waals surface area contributed by atoms with E-state index < -0.39 is 0 Å². The lowest BCUT2D eigenvalue weighted by molar-refractivity contribution is 0.0946. The van der Waals surface area contributed by atoms with E-state index in [-0.39, 0.29) is 11.9 Å². The van der Waals surface area contributed by atoms with Gasteiger partial charge in [0.15, 0.2) is 5.22 Å². The molecule has 4 nitrogen and oxygen atoms in total. The van der Waals surface area contributed by atoms with Gasteiger partial charge >= 0.3 is 0 Å². The summed E-state index contributed by atoms with van der Waals surface area (Å²) in [6, 6.07) is 9.48. The monoisotopic (exact) mass is 304 g/mol. The predicted octanol–water partition coefficient (Wildman–Crippen LogP) is 2.92. The highest BCUT2D eigenvalue weighted by atomic mass is 35.5. The second-order valence-corrected chi connectivity index (χ2v) is 5.43. The molecular weight excluding hydrogens is 288 g/mol. The van der Waals surface area contributed by atoms with Gasteiger partial charge in [-0.25, -0.2) is 0 Å². The Balaban J connectivity index is 2.00. The second-order valence-electron chi connectivity index (χ2n) is 5.06. The molecule has 110 valence electrons. The molecule has 1 atom stereocenters. The molecule has 2 heterocycles. The molecule has 1 aromatic carbocycles. The number of amides is 1. The van der Waals surface area contributed by atoms with Crippen LogP contribution in [0.2, 0.25) is 5.22 Å². The fourth-order valence-corrected chi connectivity index (χ4v) is 2.83. The molecule has 21 heavy (non-hydrogen) atoms. The highest BCUT2D eigenvalue weighted by Crippen LogP contribution is 2.28. The van der Waals surface area contributed by atoms with Crippen LogP contribution in [0.4, 0.5) is 0 Å². The van der Waals surface area contributed by atoms with Gasteiger partial charge in [0.05, 0.1) is 6.04 Å². The molecular formula is C16H17ClN2O2. The topological polar surface area (TPSA) is 54.3 Å². The average Bonchev–Trinajstić information content (AvgIpc) is 2.91. The smallest absolute Gasteiger partial charge is 0.251 e. The number of hydrogen-bond donors (Lipinski definition) is 2. The van der Waals surface area contributed by atoms with E-state index in [1.807, 2.05) is 31.2 Å². The third-order valence-electron chi connectivity index (χ3n) is 3.68. The van der Waals surface area contributed by atoms with Gasteiger partial charge in [-0.1, -0.05) is 19.1 Å². The molecule has 1 aromatic heterocycles. The van der Waals surface area contributed by atoms with E-state index in [9.17, 15) is 4.79 Å². The summed E-state index contributed by atoms with van der Waals surface area (Å²) < 4.78 is 5.53. The van der Waals surface area contributed by atoms with E-state index in [0.717, 1.165) is 35.4 Å². The molecule has 1 aliphatic heterocycles. The number of carbonyl (C=O) groups excluding carboxylic acids is 1. The lowest BCUT2D eigenvalue weighted by atomic mass is 9.94. The number of rotatable bonds is 4. The van der Waals surface area contributed by atoms with Gasteiger partial charge in [0, 0.05) is 12.1 Å². The third kappa shape index (κ3) is 2.82. The molecule has 2 aromatic rings. The highest BCUT2D eigenvalue weighted by molar-refractivity contribution is 6.28. The van der Waals surface area contributed by atoms with Crippen LogP contribution in [-0.2, 0) is 6.42 Å². The number of carbonyl (C=O) groups is 1. The number of nitrogens with one attached hydrogen (secondary N) is 2. The van der Waals surface area contributed by atoms with Crippen molar-refractivity contribution >= 4 is 17.5 Å². The van der Waals surface area contributed by atoms with Crippen molar-refractivity contribution in [3.05, 3.63) is 58.0 Å². The van der Waals surface area contributed by atoms with Gasteiger partial charge in [0.1, 0.15) is 5.76 Å². The van der Waals surface area contributed by atoms with Crippen molar-refractivity contribution in [2.75, 3.05) is 13.1 Å². The van der Waals surface area contributed by atoms with E-state index in [1.54, 1.807) is 6.07 Å². The molecule has 0 spiro atoms. The van der Waals surface area contributed by atoms with Crippen molar-refractivity contribution in [3.8, 4) is 0 Å². The zero-order chi connectivity index (χ0) is 14.8. The first-order valence-corrected chi connectivity index (χ1v) is 7.46. The van der Waals surface area contributed by atoms with Gasteiger partial charge in [0.2, 0.25) is 0 Å². The van der Waals surface area contributed by atoms with Crippen LogP contribution in [0.5, 0.6) is 0 Å². The van der Waals surface area contributed by atoms with Gasteiger partial charge in [-0.3, -0.25) is 4.79 Å². The van der Waals surface area contributed by atoms with Crippen LogP contribution in [0, 0.1) is 0 Å².